The Hall–Kier alpha value is -2.39. The summed E-state index contributed by atoms with van der Waals surface area (Å²) < 4.78 is 0. The Kier molecular flexibility index (Phi) is 7.38. The topological polar surface area (TPSA) is 161 Å². The summed E-state index contributed by atoms with van der Waals surface area (Å²) in [7, 11) is 0. The van der Waals surface area contributed by atoms with Gasteiger partial charge in [-0.1, -0.05) is 11.8 Å². The van der Waals surface area contributed by atoms with Crippen LogP contribution in [0.3, 0.4) is 0 Å². The molecule has 4 aliphatic rings. The molecule has 187 valence electrons. The molecular formula is C22H21N7NaO5S2. The molecule has 12 nitrogen and oxygen atoms in total. The van der Waals surface area contributed by atoms with E-state index in [1.165, 1.54) is 34.8 Å². The van der Waals surface area contributed by atoms with Crippen molar-refractivity contribution in [3.63, 3.8) is 0 Å². The molecule has 3 N–H and O–H groups in total. The van der Waals surface area contributed by atoms with Crippen LogP contribution in [0, 0.1) is 0 Å². The number of rotatable bonds is 7. The first-order valence-corrected chi connectivity index (χ1v) is 13.4. The number of H-pyrrole nitrogens is 1. The van der Waals surface area contributed by atoms with Crippen molar-refractivity contribution in [3.05, 3.63) is 35.4 Å². The van der Waals surface area contributed by atoms with Gasteiger partial charge in [0.15, 0.2) is 5.65 Å². The number of likely N-dealkylation sites (tertiary alicyclic amines) is 1. The Morgan fingerprint density at radius 2 is 2.11 bits per heavy atom. The molecule has 2 atom stereocenters. The fourth-order valence-corrected chi connectivity index (χ4v) is 6.76. The molecular weight excluding hydrogens is 529 g/mol. The van der Waals surface area contributed by atoms with Crippen molar-refractivity contribution in [3.8, 4) is 0 Å². The van der Waals surface area contributed by atoms with Crippen molar-refractivity contribution in [2.24, 2.45) is 0 Å². The normalized spacial score (nSPS) is 24.3. The van der Waals surface area contributed by atoms with E-state index in [0.717, 1.165) is 12.8 Å². The van der Waals surface area contributed by atoms with Gasteiger partial charge < -0.3 is 15.3 Å². The van der Waals surface area contributed by atoms with Gasteiger partial charge in [-0.25, -0.2) is 14.8 Å². The van der Waals surface area contributed by atoms with E-state index in [4.69, 9.17) is 0 Å². The molecule has 37 heavy (non-hydrogen) atoms. The smallest absolute Gasteiger partial charge is 0.352 e. The molecule has 1 saturated carbocycles. The van der Waals surface area contributed by atoms with Gasteiger partial charge in [-0.2, -0.15) is 5.10 Å². The van der Waals surface area contributed by atoms with Crippen molar-refractivity contribution in [2.75, 3.05) is 18.1 Å². The number of aromatic nitrogens is 4. The first-order valence-electron chi connectivity index (χ1n) is 11.4. The number of allylic oxidation sites excluding steroid dienone is 1. The number of nitrogens with one attached hydrogen (secondary N) is 2. The van der Waals surface area contributed by atoms with E-state index < -0.39 is 23.3 Å². The first-order chi connectivity index (χ1) is 17.4. The zero-order valence-electron chi connectivity index (χ0n) is 19.8. The van der Waals surface area contributed by atoms with Crippen molar-refractivity contribution >= 4 is 87.8 Å². The van der Waals surface area contributed by atoms with Gasteiger partial charge in [0.05, 0.1) is 17.3 Å². The number of hydrogen-bond donors (Lipinski definition) is 3. The third-order valence-electron chi connectivity index (χ3n) is 6.56. The van der Waals surface area contributed by atoms with Crippen molar-refractivity contribution in [1.82, 2.24) is 35.3 Å². The number of carbonyl (C=O) groups excluding carboxylic acids is 3. The summed E-state index contributed by atoms with van der Waals surface area (Å²) >= 11 is 2.58. The van der Waals surface area contributed by atoms with Crippen LogP contribution in [0.5, 0.6) is 0 Å². The van der Waals surface area contributed by atoms with Crippen molar-refractivity contribution in [2.45, 2.75) is 41.7 Å². The molecule has 6 rings (SSSR count). The summed E-state index contributed by atoms with van der Waals surface area (Å²) in [5, 5.41) is 20.1. The van der Waals surface area contributed by atoms with Gasteiger partial charge >= 0.3 is 5.97 Å². The van der Waals surface area contributed by atoms with Gasteiger partial charge in [-0.15, -0.1) is 11.8 Å². The maximum absolute atomic E-state index is 12.9. The number of amides is 3. The van der Waals surface area contributed by atoms with Gasteiger partial charge in [0, 0.05) is 53.5 Å². The fourth-order valence-electron chi connectivity index (χ4n) is 4.67. The maximum Gasteiger partial charge on any atom is 0.352 e. The molecule has 2 saturated heterocycles. The van der Waals surface area contributed by atoms with Crippen LogP contribution in [0.2, 0.25) is 0 Å². The van der Waals surface area contributed by atoms with Gasteiger partial charge in [-0.3, -0.25) is 24.4 Å². The van der Waals surface area contributed by atoms with Crippen LogP contribution in [0.15, 0.2) is 40.5 Å². The Bertz CT molecular complexity index is 1370. The predicted octanol–water partition coefficient (Wildman–Crippen LogP) is 0.124. The van der Waals surface area contributed by atoms with Crippen LogP contribution in [-0.4, -0.2) is 124 Å². The number of aliphatic carboxylic acids is 1. The molecule has 5 heterocycles. The van der Waals surface area contributed by atoms with E-state index in [1.807, 2.05) is 4.90 Å². The number of carboxylic acids is 1. The summed E-state index contributed by atoms with van der Waals surface area (Å²) in [6.07, 6.45) is 7.20. The summed E-state index contributed by atoms with van der Waals surface area (Å²) in [6.45, 7) is 0.649. The minimum Gasteiger partial charge on any atom is -0.477 e. The molecule has 1 aliphatic carbocycles. The second-order valence-electron chi connectivity index (χ2n) is 8.88. The summed E-state index contributed by atoms with van der Waals surface area (Å²) in [4.78, 5) is 61.6. The molecule has 15 heteroatoms. The average Bonchev–Trinajstić information content (AvgIpc) is 3.48. The van der Waals surface area contributed by atoms with E-state index in [1.54, 1.807) is 12.3 Å². The number of β-lactam (4-membered cyclic amide) rings is 1. The number of carboxylic acid groups (broad SMARTS) is 1. The maximum atomic E-state index is 12.9. The number of nitrogens with zero attached hydrogens (tertiary/aromatic N) is 5. The minimum atomic E-state index is -1.22. The summed E-state index contributed by atoms with van der Waals surface area (Å²) in [5.41, 5.74) is 1.49. The molecule has 3 aliphatic heterocycles. The molecule has 0 aromatic carbocycles. The van der Waals surface area contributed by atoms with E-state index >= 15 is 0 Å². The number of thioether (sulfide) groups is 2. The fraction of sp³-hybridized carbons (Fsp3) is 0.409. The SMILES string of the molecule is O=C(CSc1ncnc2[nH]ncc12)N[C@@H]1C(=O)N2C(C(=O)O)=C(C=C3CCN(C4CC4)C3=O)CS[C@H]12.[Na]. The van der Waals surface area contributed by atoms with Crippen LogP contribution in [0.1, 0.15) is 19.3 Å². The van der Waals surface area contributed by atoms with Crippen molar-refractivity contribution < 1.29 is 24.3 Å². The van der Waals surface area contributed by atoms with Gasteiger partial charge in [0.2, 0.25) is 11.8 Å². The molecule has 0 spiro atoms. The first kappa shape index (κ1) is 26.2. The van der Waals surface area contributed by atoms with E-state index in [-0.39, 0.29) is 52.8 Å². The third kappa shape index (κ3) is 4.80. The second-order valence-corrected chi connectivity index (χ2v) is 11.0. The van der Waals surface area contributed by atoms with Crippen LogP contribution >= 0.6 is 23.5 Å². The van der Waals surface area contributed by atoms with Gasteiger partial charge in [0.25, 0.3) is 5.91 Å². The molecule has 2 aromatic rings. The average molecular weight is 551 g/mol. The van der Waals surface area contributed by atoms with Crippen molar-refractivity contribution in [1.29, 1.82) is 0 Å². The molecule has 2 aromatic heterocycles. The molecule has 0 unspecified atom stereocenters. The van der Waals surface area contributed by atoms with Gasteiger partial charge in [0.1, 0.15) is 28.5 Å². The molecule has 1 radical (unpaired) electrons. The van der Waals surface area contributed by atoms with Crippen LogP contribution in [0.25, 0.3) is 11.0 Å². The Morgan fingerprint density at radius 3 is 2.86 bits per heavy atom. The Morgan fingerprint density at radius 1 is 1.30 bits per heavy atom. The molecule has 0 bridgehead atoms. The predicted molar refractivity (Wildman–Crippen MR) is 135 cm³/mol. The van der Waals surface area contributed by atoms with E-state index in [0.29, 0.717) is 52.0 Å². The third-order valence-corrected chi connectivity index (χ3v) is 8.87. The zero-order valence-corrected chi connectivity index (χ0v) is 23.5. The summed E-state index contributed by atoms with van der Waals surface area (Å²) in [6, 6.07) is -0.509. The summed E-state index contributed by atoms with van der Waals surface area (Å²) in [5.74, 6) is -1.75. The monoisotopic (exact) mass is 550 g/mol. The number of carbonyl (C=O) groups is 4. The van der Waals surface area contributed by atoms with Gasteiger partial charge in [-0.05, 0) is 30.9 Å². The van der Waals surface area contributed by atoms with Crippen LogP contribution in [0.4, 0.5) is 0 Å². The Labute approximate surface area is 241 Å². The Balaban J connectivity index is 0.00000280. The number of fused-ring (bicyclic) bond motifs is 2. The van der Waals surface area contributed by atoms with Crippen LogP contribution < -0.4 is 5.32 Å². The quantitative estimate of drug-likeness (QED) is 0.142. The molecule has 3 fully saturated rings. The molecule has 3 amide bonds. The number of aromatic amines is 1. The second kappa shape index (κ2) is 10.4. The zero-order chi connectivity index (χ0) is 25.0. The minimum absolute atomic E-state index is 0. The van der Waals surface area contributed by atoms with Crippen LogP contribution in [-0.2, 0) is 19.2 Å². The van der Waals surface area contributed by atoms with E-state index in [9.17, 15) is 24.3 Å². The van der Waals surface area contributed by atoms with E-state index in [2.05, 4.69) is 25.5 Å². The standard InChI is InChI=1S/C22H21N7O5S2.Na/c30-14(8-35-18-13-6-25-27-17(13)23-9-24-18)26-15-20(32)29-16(22(33)34)11(7-36-21(15)29)5-10-3-4-28(19(10)31)12-1-2-12;/h5-6,9,12,15,21H,1-4,7-8H2,(H,26,30)(H,33,34)(H,23,24,25,27);/t15-,21-;/m1./s1. The number of hydrogen-bond acceptors (Lipinski definition) is 9. The largest absolute Gasteiger partial charge is 0.477 e.